The van der Waals surface area contributed by atoms with E-state index in [2.05, 4.69) is 0 Å². The maximum atomic E-state index is 11.8. The van der Waals surface area contributed by atoms with Gasteiger partial charge in [-0.25, -0.2) is 0 Å². The fourth-order valence-corrected chi connectivity index (χ4v) is 0.839. The number of rotatable bonds is 4. The Morgan fingerprint density at radius 3 is 2.31 bits per heavy atom. The molecule has 0 aromatic heterocycles. The number of aliphatic hydroxyl groups excluding tert-OH is 1. The highest BCUT2D eigenvalue weighted by molar-refractivity contribution is 5.89. The topological polar surface area (TPSA) is 63.3 Å². The van der Waals surface area contributed by atoms with E-state index in [1.807, 2.05) is 0 Å². The van der Waals surface area contributed by atoms with E-state index in [-0.39, 0.29) is 6.42 Å². The van der Waals surface area contributed by atoms with Gasteiger partial charge in [0.25, 0.3) is 5.78 Å². The molecule has 0 aliphatic carbocycles. The lowest BCUT2D eigenvalue weighted by Gasteiger charge is -2.17. The number of halogens is 3. The predicted octanol–water partition coefficient (Wildman–Crippen LogP) is 0.606. The van der Waals surface area contributed by atoms with Gasteiger partial charge in [0.05, 0.1) is 12.1 Å². The summed E-state index contributed by atoms with van der Waals surface area (Å²) in [5, 5.41) is 9.01. The average molecular weight is 199 g/mol. The Kier molecular flexibility index (Phi) is 4.35. The van der Waals surface area contributed by atoms with Crippen molar-refractivity contribution in [3.63, 3.8) is 0 Å². The first kappa shape index (κ1) is 12.4. The number of carbonyl (C=O) groups is 1. The van der Waals surface area contributed by atoms with Crippen molar-refractivity contribution in [3.8, 4) is 0 Å². The number of ketones is 1. The molecule has 0 fully saturated rings. The van der Waals surface area contributed by atoms with Crippen LogP contribution in [0.2, 0.25) is 0 Å². The summed E-state index contributed by atoms with van der Waals surface area (Å²) in [6.07, 6.45) is -5.82. The molecule has 2 atom stereocenters. The van der Waals surface area contributed by atoms with Crippen LogP contribution in [0.5, 0.6) is 0 Å². The van der Waals surface area contributed by atoms with Crippen molar-refractivity contribution < 1.29 is 23.1 Å². The van der Waals surface area contributed by atoms with Gasteiger partial charge in [-0.1, -0.05) is 13.3 Å². The lowest BCUT2D eigenvalue weighted by Crippen LogP contribution is -2.48. The molecule has 0 rings (SSSR count). The van der Waals surface area contributed by atoms with E-state index in [0.717, 1.165) is 0 Å². The largest absolute Gasteiger partial charge is 0.451 e. The minimum atomic E-state index is -4.96. The average Bonchev–Trinajstić information content (AvgIpc) is 2.00. The van der Waals surface area contributed by atoms with Crippen LogP contribution in [-0.4, -0.2) is 29.2 Å². The number of hydrogen-bond acceptors (Lipinski definition) is 3. The second kappa shape index (κ2) is 4.57. The molecule has 0 aliphatic heterocycles. The molecular weight excluding hydrogens is 187 g/mol. The summed E-state index contributed by atoms with van der Waals surface area (Å²) in [6, 6.07) is -1.86. The maximum absolute atomic E-state index is 11.8. The summed E-state index contributed by atoms with van der Waals surface area (Å²) in [7, 11) is 0. The van der Waals surface area contributed by atoms with Gasteiger partial charge in [0.15, 0.2) is 0 Å². The summed E-state index contributed by atoms with van der Waals surface area (Å²) in [4.78, 5) is 10.5. The van der Waals surface area contributed by atoms with Gasteiger partial charge < -0.3 is 10.8 Å². The van der Waals surface area contributed by atoms with Gasteiger partial charge >= 0.3 is 6.18 Å². The molecule has 0 amide bonds. The minimum absolute atomic E-state index is 0.0863. The third-order valence-corrected chi connectivity index (χ3v) is 1.58. The minimum Gasteiger partial charge on any atom is -0.391 e. The monoisotopic (exact) mass is 199 g/mol. The molecule has 0 saturated carbocycles. The van der Waals surface area contributed by atoms with Crippen molar-refractivity contribution in [1.29, 1.82) is 0 Å². The van der Waals surface area contributed by atoms with Crippen LogP contribution in [0, 0.1) is 0 Å². The molecule has 0 radical (unpaired) electrons. The second-order valence-corrected chi connectivity index (χ2v) is 2.74. The SMILES string of the molecule is CCCC(O)C(N)C(=O)C(F)(F)F. The quantitative estimate of drug-likeness (QED) is 0.697. The van der Waals surface area contributed by atoms with Crippen molar-refractivity contribution in [3.05, 3.63) is 0 Å². The van der Waals surface area contributed by atoms with Crippen molar-refractivity contribution in [2.24, 2.45) is 5.73 Å². The molecule has 0 aromatic rings. The van der Waals surface area contributed by atoms with Gasteiger partial charge in [0, 0.05) is 0 Å². The summed E-state index contributed by atoms with van der Waals surface area (Å²) in [5.41, 5.74) is 4.91. The normalized spacial score (nSPS) is 16.8. The first-order valence-corrected chi connectivity index (χ1v) is 3.85. The Bertz CT molecular complexity index is 181. The third-order valence-electron chi connectivity index (χ3n) is 1.58. The van der Waals surface area contributed by atoms with E-state index in [1.54, 1.807) is 6.92 Å². The van der Waals surface area contributed by atoms with Crippen LogP contribution < -0.4 is 5.73 Å². The molecule has 3 nitrogen and oxygen atoms in total. The highest BCUT2D eigenvalue weighted by Crippen LogP contribution is 2.19. The maximum Gasteiger partial charge on any atom is 0.451 e. The van der Waals surface area contributed by atoms with Crippen LogP contribution >= 0.6 is 0 Å². The molecule has 0 bridgehead atoms. The number of aliphatic hydroxyl groups is 1. The Labute approximate surface area is 73.7 Å². The van der Waals surface area contributed by atoms with E-state index >= 15 is 0 Å². The van der Waals surface area contributed by atoms with Gasteiger partial charge in [0.2, 0.25) is 0 Å². The van der Waals surface area contributed by atoms with Crippen molar-refractivity contribution in [2.45, 2.75) is 38.1 Å². The number of nitrogens with two attached hydrogens (primary N) is 1. The van der Waals surface area contributed by atoms with Crippen molar-refractivity contribution in [1.82, 2.24) is 0 Å². The Balaban J connectivity index is 4.26. The van der Waals surface area contributed by atoms with Crippen LogP contribution in [0.15, 0.2) is 0 Å². The van der Waals surface area contributed by atoms with Crippen LogP contribution in [0.1, 0.15) is 19.8 Å². The molecule has 13 heavy (non-hydrogen) atoms. The summed E-state index contributed by atoms with van der Waals surface area (Å²) < 4.78 is 35.3. The molecule has 3 N–H and O–H groups in total. The zero-order valence-electron chi connectivity index (χ0n) is 7.14. The molecule has 78 valence electrons. The van der Waals surface area contributed by atoms with Crippen LogP contribution in [0.4, 0.5) is 13.2 Å². The predicted molar refractivity (Wildman–Crippen MR) is 40.0 cm³/mol. The smallest absolute Gasteiger partial charge is 0.391 e. The van der Waals surface area contributed by atoms with E-state index in [9.17, 15) is 18.0 Å². The van der Waals surface area contributed by atoms with Crippen LogP contribution in [0.25, 0.3) is 0 Å². The summed E-state index contributed by atoms with van der Waals surface area (Å²) in [5.74, 6) is -2.08. The summed E-state index contributed by atoms with van der Waals surface area (Å²) in [6.45, 7) is 1.67. The van der Waals surface area contributed by atoms with Crippen LogP contribution in [0.3, 0.4) is 0 Å². The van der Waals surface area contributed by atoms with Crippen LogP contribution in [-0.2, 0) is 4.79 Å². The summed E-state index contributed by atoms with van der Waals surface area (Å²) >= 11 is 0. The van der Waals surface area contributed by atoms with Gasteiger partial charge in [-0.05, 0) is 6.42 Å². The van der Waals surface area contributed by atoms with E-state index in [1.165, 1.54) is 0 Å². The van der Waals surface area contributed by atoms with Gasteiger partial charge in [-0.2, -0.15) is 13.2 Å². The zero-order valence-corrected chi connectivity index (χ0v) is 7.14. The Morgan fingerprint density at radius 2 is 2.00 bits per heavy atom. The highest BCUT2D eigenvalue weighted by Gasteiger charge is 2.43. The number of Topliss-reactive ketones (excluding diaryl/α,β-unsaturated/α-hetero) is 1. The molecule has 0 aliphatic rings. The number of carbonyl (C=O) groups excluding carboxylic acids is 1. The first-order chi connectivity index (χ1) is 5.80. The lowest BCUT2D eigenvalue weighted by atomic mass is 10.0. The molecule has 2 unspecified atom stereocenters. The molecule has 0 aromatic carbocycles. The molecular formula is C7H12F3NO2. The molecule has 0 heterocycles. The van der Waals surface area contributed by atoms with E-state index in [0.29, 0.717) is 6.42 Å². The highest BCUT2D eigenvalue weighted by atomic mass is 19.4. The molecule has 0 saturated heterocycles. The number of alkyl halides is 3. The van der Waals surface area contributed by atoms with Gasteiger partial charge in [-0.3, -0.25) is 4.79 Å². The third kappa shape index (κ3) is 3.73. The Hall–Kier alpha value is -0.620. The van der Waals surface area contributed by atoms with E-state index in [4.69, 9.17) is 10.8 Å². The first-order valence-electron chi connectivity index (χ1n) is 3.85. The van der Waals surface area contributed by atoms with Crippen molar-refractivity contribution >= 4 is 5.78 Å². The molecule has 6 heteroatoms. The standard InChI is InChI=1S/C7H12F3NO2/c1-2-3-4(12)5(11)6(13)7(8,9)10/h4-5,12H,2-3,11H2,1H3. The van der Waals surface area contributed by atoms with Gasteiger partial charge in [-0.15, -0.1) is 0 Å². The van der Waals surface area contributed by atoms with Crippen molar-refractivity contribution in [2.75, 3.05) is 0 Å². The Morgan fingerprint density at radius 1 is 1.54 bits per heavy atom. The lowest BCUT2D eigenvalue weighted by molar-refractivity contribution is -0.174. The zero-order chi connectivity index (χ0) is 10.6. The second-order valence-electron chi connectivity index (χ2n) is 2.74. The van der Waals surface area contributed by atoms with E-state index < -0.39 is 24.1 Å². The van der Waals surface area contributed by atoms with Gasteiger partial charge in [0.1, 0.15) is 0 Å². The number of hydrogen-bond donors (Lipinski definition) is 2. The molecule has 0 spiro atoms. The fraction of sp³-hybridized carbons (Fsp3) is 0.857. The fourth-order valence-electron chi connectivity index (χ4n) is 0.839.